The molecule has 0 spiro atoms. The molecule has 0 bridgehead atoms. The van der Waals surface area contributed by atoms with Crippen molar-refractivity contribution in [1.29, 1.82) is 0 Å². The monoisotopic (exact) mass is 291 g/mol. The van der Waals surface area contributed by atoms with Crippen LogP contribution in [0.25, 0.3) is 0 Å². The van der Waals surface area contributed by atoms with Crippen LogP contribution in [0.3, 0.4) is 0 Å². The first-order valence-corrected chi connectivity index (χ1v) is 7.91. The molecule has 0 radical (unpaired) electrons. The van der Waals surface area contributed by atoms with Gasteiger partial charge in [-0.3, -0.25) is 4.90 Å². The van der Waals surface area contributed by atoms with Crippen molar-refractivity contribution in [3.63, 3.8) is 0 Å². The molecule has 1 saturated heterocycles. The normalized spacial score (nSPS) is 19.3. The minimum Gasteiger partial charge on any atom is -0.497 e. The molecule has 4 nitrogen and oxygen atoms in total. The van der Waals surface area contributed by atoms with Crippen molar-refractivity contribution in [3.8, 4) is 5.75 Å². The maximum atomic E-state index is 5.93. The van der Waals surface area contributed by atoms with Gasteiger partial charge in [-0.25, -0.2) is 0 Å². The number of rotatable bonds is 6. The summed E-state index contributed by atoms with van der Waals surface area (Å²) in [6.07, 6.45) is 1.14. The highest BCUT2D eigenvalue weighted by Gasteiger charge is 2.26. The van der Waals surface area contributed by atoms with E-state index >= 15 is 0 Å². The van der Waals surface area contributed by atoms with Crippen LogP contribution < -0.4 is 15.4 Å². The molecule has 0 aliphatic carbocycles. The van der Waals surface area contributed by atoms with E-state index in [0.717, 1.165) is 51.4 Å². The zero-order valence-electron chi connectivity index (χ0n) is 13.6. The average molecular weight is 291 g/mol. The van der Waals surface area contributed by atoms with Crippen molar-refractivity contribution < 1.29 is 4.74 Å². The quantitative estimate of drug-likeness (QED) is 0.872. The van der Waals surface area contributed by atoms with Crippen LogP contribution in [0.15, 0.2) is 24.3 Å². The molecule has 1 unspecified atom stereocenters. The van der Waals surface area contributed by atoms with Gasteiger partial charge < -0.3 is 15.4 Å². The molecule has 1 fully saturated rings. The number of hydrogen-bond donors (Lipinski definition) is 1. The lowest BCUT2D eigenvalue weighted by molar-refractivity contribution is 0.157. The van der Waals surface area contributed by atoms with E-state index in [9.17, 15) is 0 Å². The Morgan fingerprint density at radius 2 is 1.76 bits per heavy atom. The van der Waals surface area contributed by atoms with Crippen molar-refractivity contribution in [2.24, 2.45) is 11.1 Å². The Labute approximate surface area is 128 Å². The van der Waals surface area contributed by atoms with E-state index in [1.54, 1.807) is 7.11 Å². The van der Waals surface area contributed by atoms with Gasteiger partial charge in [0, 0.05) is 38.4 Å². The first-order chi connectivity index (χ1) is 10.1. The van der Waals surface area contributed by atoms with Gasteiger partial charge in [-0.1, -0.05) is 13.8 Å². The van der Waals surface area contributed by atoms with Crippen molar-refractivity contribution in [1.82, 2.24) is 4.90 Å². The molecule has 1 aromatic carbocycles. The Hall–Kier alpha value is -1.26. The smallest absolute Gasteiger partial charge is 0.119 e. The minimum atomic E-state index is 0.252. The summed E-state index contributed by atoms with van der Waals surface area (Å²) in [5.41, 5.74) is 7.47. The van der Waals surface area contributed by atoms with E-state index in [1.807, 2.05) is 12.1 Å². The summed E-state index contributed by atoms with van der Waals surface area (Å²) in [5.74, 6) is 0.916. The van der Waals surface area contributed by atoms with Gasteiger partial charge in [-0.2, -0.15) is 0 Å². The van der Waals surface area contributed by atoms with Crippen molar-refractivity contribution in [3.05, 3.63) is 24.3 Å². The maximum absolute atomic E-state index is 5.93. The minimum absolute atomic E-state index is 0.252. The first kappa shape index (κ1) is 16.1. The Bertz CT molecular complexity index is 420. The maximum Gasteiger partial charge on any atom is 0.119 e. The lowest BCUT2D eigenvalue weighted by Crippen LogP contribution is -2.50. The highest BCUT2D eigenvalue weighted by atomic mass is 16.5. The molecule has 1 atom stereocenters. The zero-order valence-corrected chi connectivity index (χ0v) is 13.6. The predicted octanol–water partition coefficient (Wildman–Crippen LogP) is 2.19. The molecular formula is C17H29N3O. The van der Waals surface area contributed by atoms with Crippen LogP contribution in [0.1, 0.15) is 20.3 Å². The molecule has 2 N–H and O–H groups in total. The Kier molecular flexibility index (Phi) is 5.48. The zero-order chi connectivity index (χ0) is 15.3. The molecule has 0 saturated carbocycles. The van der Waals surface area contributed by atoms with Crippen molar-refractivity contribution in [2.75, 3.05) is 51.3 Å². The van der Waals surface area contributed by atoms with Gasteiger partial charge in [-0.15, -0.1) is 0 Å². The number of ether oxygens (including phenoxy) is 1. The largest absolute Gasteiger partial charge is 0.497 e. The molecule has 1 aromatic rings. The van der Waals surface area contributed by atoms with Crippen LogP contribution in [0.4, 0.5) is 5.69 Å². The number of benzene rings is 1. The lowest BCUT2D eigenvalue weighted by atomic mass is 9.87. The molecule has 2 rings (SSSR count). The van der Waals surface area contributed by atoms with Gasteiger partial charge in [-0.05, 0) is 42.6 Å². The van der Waals surface area contributed by atoms with Crippen LogP contribution >= 0.6 is 0 Å². The molecule has 1 aliphatic heterocycles. The van der Waals surface area contributed by atoms with E-state index in [2.05, 4.69) is 35.8 Å². The number of piperazine rings is 1. The second kappa shape index (κ2) is 7.14. The average Bonchev–Trinajstić information content (AvgIpc) is 2.55. The number of hydrogen-bond acceptors (Lipinski definition) is 4. The third-order valence-corrected chi connectivity index (χ3v) is 4.76. The van der Waals surface area contributed by atoms with Gasteiger partial charge in [0.1, 0.15) is 5.75 Å². The summed E-state index contributed by atoms with van der Waals surface area (Å²) in [5, 5.41) is 0. The molecular weight excluding hydrogens is 262 g/mol. The standard InChI is InChI=1S/C17H29N3O/c1-4-17(2,13-18)14-19-9-11-20(12-10-19)15-5-7-16(21-3)8-6-15/h5-8H,4,9-14,18H2,1-3H3. The molecule has 1 heterocycles. The molecule has 1 aliphatic rings. The highest BCUT2D eigenvalue weighted by molar-refractivity contribution is 5.49. The first-order valence-electron chi connectivity index (χ1n) is 7.91. The molecule has 4 heteroatoms. The van der Waals surface area contributed by atoms with E-state index < -0.39 is 0 Å². The number of nitrogens with zero attached hydrogens (tertiary/aromatic N) is 2. The lowest BCUT2D eigenvalue weighted by Gasteiger charge is -2.40. The van der Waals surface area contributed by atoms with E-state index in [0.29, 0.717) is 0 Å². The Morgan fingerprint density at radius 1 is 1.14 bits per heavy atom. The summed E-state index contributed by atoms with van der Waals surface area (Å²) >= 11 is 0. The summed E-state index contributed by atoms with van der Waals surface area (Å²) < 4.78 is 5.21. The Morgan fingerprint density at radius 3 is 2.24 bits per heavy atom. The van der Waals surface area contributed by atoms with Crippen LogP contribution in [0.5, 0.6) is 5.75 Å². The predicted molar refractivity (Wildman–Crippen MR) is 89.1 cm³/mol. The molecule has 0 aromatic heterocycles. The number of methoxy groups -OCH3 is 1. The SMILES string of the molecule is CCC(C)(CN)CN1CCN(c2ccc(OC)cc2)CC1. The van der Waals surface area contributed by atoms with Crippen molar-refractivity contribution >= 4 is 5.69 Å². The van der Waals surface area contributed by atoms with Crippen molar-refractivity contribution in [2.45, 2.75) is 20.3 Å². The van der Waals surface area contributed by atoms with Crippen LogP contribution in [-0.2, 0) is 0 Å². The molecule has 21 heavy (non-hydrogen) atoms. The fourth-order valence-electron chi connectivity index (χ4n) is 2.82. The second-order valence-corrected chi connectivity index (χ2v) is 6.33. The Balaban J connectivity index is 1.87. The summed E-state index contributed by atoms with van der Waals surface area (Å²) in [7, 11) is 1.70. The van der Waals surface area contributed by atoms with E-state index in [4.69, 9.17) is 10.5 Å². The van der Waals surface area contributed by atoms with Gasteiger partial charge in [0.25, 0.3) is 0 Å². The third kappa shape index (κ3) is 4.11. The van der Waals surface area contributed by atoms with Crippen LogP contribution in [-0.4, -0.2) is 51.3 Å². The third-order valence-electron chi connectivity index (χ3n) is 4.76. The van der Waals surface area contributed by atoms with Crippen LogP contribution in [0, 0.1) is 5.41 Å². The van der Waals surface area contributed by atoms with E-state index in [-0.39, 0.29) is 5.41 Å². The summed E-state index contributed by atoms with van der Waals surface area (Å²) in [6.45, 7) is 10.8. The molecule has 0 amide bonds. The highest BCUT2D eigenvalue weighted by Crippen LogP contribution is 2.24. The molecule has 118 valence electrons. The van der Waals surface area contributed by atoms with Gasteiger partial charge >= 0.3 is 0 Å². The number of anilines is 1. The van der Waals surface area contributed by atoms with E-state index in [1.165, 1.54) is 5.69 Å². The fraction of sp³-hybridized carbons (Fsp3) is 0.647. The number of nitrogens with two attached hydrogens (primary N) is 1. The van der Waals surface area contributed by atoms with Gasteiger partial charge in [0.15, 0.2) is 0 Å². The summed E-state index contributed by atoms with van der Waals surface area (Å²) in [6, 6.07) is 8.35. The topological polar surface area (TPSA) is 41.7 Å². The van der Waals surface area contributed by atoms with Gasteiger partial charge in [0.05, 0.1) is 7.11 Å². The second-order valence-electron chi connectivity index (χ2n) is 6.33. The van der Waals surface area contributed by atoms with Gasteiger partial charge in [0.2, 0.25) is 0 Å². The van der Waals surface area contributed by atoms with Crippen LogP contribution in [0.2, 0.25) is 0 Å². The fourth-order valence-corrected chi connectivity index (χ4v) is 2.82. The summed E-state index contributed by atoms with van der Waals surface area (Å²) in [4.78, 5) is 5.00.